The third-order valence-corrected chi connectivity index (χ3v) is 4.89. The second kappa shape index (κ2) is 10.3. The van der Waals surface area contributed by atoms with Crippen LogP contribution in [0.15, 0.2) is 53.0 Å². The number of nitrogens with zero attached hydrogens (tertiary/aromatic N) is 1. The zero-order chi connectivity index (χ0) is 19.8. The van der Waals surface area contributed by atoms with E-state index in [0.29, 0.717) is 17.3 Å². The van der Waals surface area contributed by atoms with Gasteiger partial charge in [0, 0.05) is 22.6 Å². The highest BCUT2D eigenvalue weighted by atomic mass is 79.9. The molecule has 1 atom stereocenters. The first-order valence-corrected chi connectivity index (χ1v) is 9.78. The lowest BCUT2D eigenvalue weighted by atomic mass is 10.1. The molecule has 0 saturated carbocycles. The molecule has 0 aromatic heterocycles. The van der Waals surface area contributed by atoms with Crippen LogP contribution in [0, 0.1) is 0 Å². The van der Waals surface area contributed by atoms with Gasteiger partial charge in [0.1, 0.15) is 11.8 Å². The van der Waals surface area contributed by atoms with Crippen molar-refractivity contribution >= 4 is 39.3 Å². The number of amides is 2. The van der Waals surface area contributed by atoms with Crippen LogP contribution < -0.4 is 10.1 Å². The van der Waals surface area contributed by atoms with Crippen molar-refractivity contribution in [1.29, 1.82) is 0 Å². The second-order valence-electron chi connectivity index (χ2n) is 5.93. The zero-order valence-electron chi connectivity index (χ0n) is 15.2. The number of hydrogen-bond acceptors (Lipinski definition) is 3. The summed E-state index contributed by atoms with van der Waals surface area (Å²) in [6, 6.07) is 13.8. The summed E-state index contributed by atoms with van der Waals surface area (Å²) in [5, 5.41) is 3.30. The summed E-state index contributed by atoms with van der Waals surface area (Å²) in [6.45, 7) is 4.07. The molecular weight excluding hydrogens is 432 g/mol. The van der Waals surface area contributed by atoms with Crippen LogP contribution in [-0.2, 0) is 16.1 Å². The van der Waals surface area contributed by atoms with Crippen LogP contribution in [0.3, 0.4) is 0 Å². The quantitative estimate of drug-likeness (QED) is 0.656. The van der Waals surface area contributed by atoms with E-state index in [-0.39, 0.29) is 25.0 Å². The summed E-state index contributed by atoms with van der Waals surface area (Å²) in [5.41, 5.74) is 0.771. The van der Waals surface area contributed by atoms with Crippen molar-refractivity contribution in [3.05, 3.63) is 63.6 Å². The van der Waals surface area contributed by atoms with Crippen molar-refractivity contribution in [3.63, 3.8) is 0 Å². The van der Waals surface area contributed by atoms with E-state index in [2.05, 4.69) is 21.2 Å². The predicted octanol–water partition coefficient (Wildman–Crippen LogP) is 4.03. The number of likely N-dealkylation sites (N-methyl/N-ethyl adjacent to an activating group) is 1. The Hall–Kier alpha value is -2.05. The van der Waals surface area contributed by atoms with E-state index in [1.165, 1.54) is 4.90 Å². The predicted molar refractivity (Wildman–Crippen MR) is 110 cm³/mol. The van der Waals surface area contributed by atoms with E-state index < -0.39 is 6.04 Å². The molecule has 2 amide bonds. The molecular formula is C20H22BrClN2O3. The Balaban J connectivity index is 2.14. The van der Waals surface area contributed by atoms with Gasteiger partial charge in [-0.15, -0.1) is 0 Å². The molecule has 0 radical (unpaired) electrons. The Kier molecular flexibility index (Phi) is 8.13. The zero-order valence-corrected chi connectivity index (χ0v) is 17.6. The molecule has 0 aliphatic heterocycles. The van der Waals surface area contributed by atoms with Gasteiger partial charge in [0.15, 0.2) is 6.61 Å². The fourth-order valence-electron chi connectivity index (χ4n) is 2.47. The van der Waals surface area contributed by atoms with Crippen LogP contribution in [0.25, 0.3) is 0 Å². The molecule has 5 nitrogen and oxygen atoms in total. The molecule has 1 N–H and O–H groups in total. The first-order valence-electron chi connectivity index (χ1n) is 8.61. The molecule has 2 aromatic carbocycles. The Morgan fingerprint density at radius 3 is 2.48 bits per heavy atom. The van der Waals surface area contributed by atoms with E-state index >= 15 is 0 Å². The summed E-state index contributed by atoms with van der Waals surface area (Å²) < 4.78 is 6.51. The first kappa shape index (κ1) is 21.3. The molecule has 0 unspecified atom stereocenters. The van der Waals surface area contributed by atoms with Crippen LogP contribution >= 0.6 is 27.5 Å². The topological polar surface area (TPSA) is 58.6 Å². The van der Waals surface area contributed by atoms with Crippen LogP contribution in [0.2, 0.25) is 5.02 Å². The number of carbonyl (C=O) groups is 2. The Morgan fingerprint density at radius 2 is 1.85 bits per heavy atom. The Bertz CT molecular complexity index is 783. The molecule has 7 heteroatoms. The minimum absolute atomic E-state index is 0.171. The number of nitrogens with one attached hydrogen (secondary N) is 1. The highest BCUT2D eigenvalue weighted by Crippen LogP contribution is 2.20. The summed E-state index contributed by atoms with van der Waals surface area (Å²) >= 11 is 9.59. The smallest absolute Gasteiger partial charge is 0.261 e. The van der Waals surface area contributed by atoms with Gasteiger partial charge in [0.25, 0.3) is 5.91 Å². The highest BCUT2D eigenvalue weighted by molar-refractivity contribution is 9.10. The lowest BCUT2D eigenvalue weighted by molar-refractivity contribution is -0.142. The average Bonchev–Trinajstić information content (AvgIpc) is 2.66. The standard InChI is InChI=1S/C20H22BrClN2O3/c1-3-23-20(26)14(2)24(12-15-6-4-5-7-18(15)22)19(25)13-27-17-10-8-16(21)9-11-17/h4-11,14H,3,12-13H2,1-2H3,(H,23,26)/t14-/m0/s1. The van der Waals surface area contributed by atoms with Gasteiger partial charge in [-0.3, -0.25) is 9.59 Å². The summed E-state index contributed by atoms with van der Waals surface area (Å²) in [6.07, 6.45) is 0. The normalized spacial score (nSPS) is 11.6. The highest BCUT2D eigenvalue weighted by Gasteiger charge is 2.26. The van der Waals surface area contributed by atoms with Gasteiger partial charge in [-0.05, 0) is 49.7 Å². The summed E-state index contributed by atoms with van der Waals surface area (Å²) in [7, 11) is 0. The number of rotatable bonds is 8. The third-order valence-electron chi connectivity index (χ3n) is 3.99. The van der Waals surface area contributed by atoms with Gasteiger partial charge in [0.05, 0.1) is 0 Å². The largest absolute Gasteiger partial charge is 0.484 e. The molecule has 0 bridgehead atoms. The second-order valence-corrected chi connectivity index (χ2v) is 7.25. The van der Waals surface area contributed by atoms with Gasteiger partial charge in [-0.25, -0.2) is 0 Å². The lowest BCUT2D eigenvalue weighted by Gasteiger charge is -2.29. The summed E-state index contributed by atoms with van der Waals surface area (Å²) in [4.78, 5) is 26.6. The molecule has 0 aliphatic carbocycles. The average molecular weight is 454 g/mol. The van der Waals surface area contributed by atoms with E-state index in [1.807, 2.05) is 37.3 Å². The number of carbonyl (C=O) groups excluding carboxylic acids is 2. The van der Waals surface area contributed by atoms with Gasteiger partial charge < -0.3 is 15.0 Å². The number of ether oxygens (including phenoxy) is 1. The Labute approximate surface area is 172 Å². The molecule has 2 aromatic rings. The molecule has 0 heterocycles. The minimum atomic E-state index is -0.651. The van der Waals surface area contributed by atoms with E-state index in [4.69, 9.17) is 16.3 Å². The van der Waals surface area contributed by atoms with Crippen molar-refractivity contribution < 1.29 is 14.3 Å². The monoisotopic (exact) mass is 452 g/mol. The SMILES string of the molecule is CCNC(=O)[C@H](C)N(Cc1ccccc1Cl)C(=O)COc1ccc(Br)cc1. The molecule has 0 saturated heterocycles. The van der Waals surface area contributed by atoms with Gasteiger partial charge in [0.2, 0.25) is 5.91 Å². The summed E-state index contributed by atoms with van der Waals surface area (Å²) in [5.74, 6) is 0.0630. The maximum absolute atomic E-state index is 12.8. The molecule has 0 fully saturated rings. The fraction of sp³-hybridized carbons (Fsp3) is 0.300. The van der Waals surface area contributed by atoms with Crippen molar-refractivity contribution in [1.82, 2.24) is 10.2 Å². The van der Waals surface area contributed by atoms with E-state index in [9.17, 15) is 9.59 Å². The van der Waals surface area contributed by atoms with Crippen LogP contribution in [0.5, 0.6) is 5.75 Å². The van der Waals surface area contributed by atoms with Gasteiger partial charge in [-0.1, -0.05) is 45.7 Å². The molecule has 0 aliphatic rings. The minimum Gasteiger partial charge on any atom is -0.484 e. The number of hydrogen-bond donors (Lipinski definition) is 1. The molecule has 0 spiro atoms. The van der Waals surface area contributed by atoms with Crippen LogP contribution in [0.4, 0.5) is 0 Å². The third kappa shape index (κ3) is 6.26. The van der Waals surface area contributed by atoms with E-state index in [0.717, 1.165) is 10.0 Å². The maximum atomic E-state index is 12.8. The van der Waals surface area contributed by atoms with Crippen LogP contribution in [0.1, 0.15) is 19.4 Å². The van der Waals surface area contributed by atoms with Crippen molar-refractivity contribution in [3.8, 4) is 5.75 Å². The van der Waals surface area contributed by atoms with Gasteiger partial charge >= 0.3 is 0 Å². The molecule has 2 rings (SSSR count). The van der Waals surface area contributed by atoms with Crippen molar-refractivity contribution in [2.45, 2.75) is 26.4 Å². The van der Waals surface area contributed by atoms with Crippen LogP contribution in [-0.4, -0.2) is 35.9 Å². The number of halogens is 2. The maximum Gasteiger partial charge on any atom is 0.261 e. The van der Waals surface area contributed by atoms with Gasteiger partial charge in [-0.2, -0.15) is 0 Å². The van der Waals surface area contributed by atoms with E-state index in [1.54, 1.807) is 25.1 Å². The molecule has 144 valence electrons. The fourth-order valence-corrected chi connectivity index (χ4v) is 2.93. The van der Waals surface area contributed by atoms with Crippen molar-refractivity contribution in [2.24, 2.45) is 0 Å². The first-order chi connectivity index (χ1) is 12.9. The number of benzene rings is 2. The molecule has 27 heavy (non-hydrogen) atoms. The lowest BCUT2D eigenvalue weighted by Crippen LogP contribution is -2.49. The Morgan fingerprint density at radius 1 is 1.19 bits per heavy atom. The van der Waals surface area contributed by atoms with Crippen molar-refractivity contribution in [2.75, 3.05) is 13.2 Å².